The highest BCUT2D eigenvalue weighted by molar-refractivity contribution is 5.88. The van der Waals surface area contributed by atoms with Crippen molar-refractivity contribution < 1.29 is 23.0 Å². The van der Waals surface area contributed by atoms with E-state index in [4.69, 9.17) is 15.2 Å². The molecule has 0 heterocycles. The molecule has 2 atom stereocenters. The molecule has 1 aliphatic rings. The first kappa shape index (κ1) is 18.6. The third kappa shape index (κ3) is 3.37. The molecule has 134 valence electrons. The molecule has 0 aromatic heterocycles. The van der Waals surface area contributed by atoms with Crippen LogP contribution >= 0.6 is 0 Å². The number of carbonyl (C=O) groups excluding carboxylic acids is 1. The highest BCUT2D eigenvalue weighted by Crippen LogP contribution is 2.49. The molecule has 3 N–H and O–H groups in total. The number of benzene rings is 1. The van der Waals surface area contributed by atoms with Crippen molar-refractivity contribution in [1.82, 2.24) is 5.32 Å². The molecule has 2 unspecified atom stereocenters. The Labute approximate surface area is 140 Å². The Kier molecular flexibility index (Phi) is 5.45. The summed E-state index contributed by atoms with van der Waals surface area (Å²) in [6.07, 6.45) is 0.417. The summed E-state index contributed by atoms with van der Waals surface area (Å²) in [5.74, 6) is -1.98. The van der Waals surface area contributed by atoms with Gasteiger partial charge in [-0.25, -0.2) is 8.78 Å². The molecular formula is C17H24F2N2O3. The van der Waals surface area contributed by atoms with Crippen molar-refractivity contribution in [2.45, 2.75) is 38.8 Å². The monoisotopic (exact) mass is 342 g/mol. The Balaban J connectivity index is 1.80. The second kappa shape index (κ2) is 7.03. The van der Waals surface area contributed by atoms with E-state index < -0.39 is 22.6 Å². The van der Waals surface area contributed by atoms with Crippen molar-refractivity contribution in [2.24, 2.45) is 11.1 Å². The maximum Gasteiger partial charge on any atom is 0.240 e. The molecule has 7 heteroatoms. The lowest BCUT2D eigenvalue weighted by atomic mass is 9.54. The molecule has 1 amide bonds. The van der Waals surface area contributed by atoms with Gasteiger partial charge in [-0.1, -0.05) is 13.8 Å². The molecule has 24 heavy (non-hydrogen) atoms. The van der Waals surface area contributed by atoms with Gasteiger partial charge in [0.05, 0.1) is 12.6 Å². The van der Waals surface area contributed by atoms with Gasteiger partial charge in [0.15, 0.2) is 11.6 Å². The fourth-order valence-electron chi connectivity index (χ4n) is 2.88. The van der Waals surface area contributed by atoms with E-state index in [1.165, 1.54) is 6.07 Å². The van der Waals surface area contributed by atoms with Gasteiger partial charge in [0.2, 0.25) is 5.91 Å². The van der Waals surface area contributed by atoms with Crippen molar-refractivity contribution in [3.05, 3.63) is 29.8 Å². The van der Waals surface area contributed by atoms with E-state index in [1.54, 1.807) is 0 Å². The largest absolute Gasteiger partial charge is 0.492 e. The van der Waals surface area contributed by atoms with Crippen LogP contribution in [0.4, 0.5) is 8.78 Å². The van der Waals surface area contributed by atoms with Crippen LogP contribution in [0, 0.1) is 17.0 Å². The van der Waals surface area contributed by atoms with Crippen LogP contribution in [0.2, 0.25) is 0 Å². The topological polar surface area (TPSA) is 73.6 Å². The Bertz CT molecular complexity index is 609. The van der Waals surface area contributed by atoms with Crippen molar-refractivity contribution >= 4 is 5.91 Å². The van der Waals surface area contributed by atoms with E-state index in [0.717, 1.165) is 12.1 Å². The van der Waals surface area contributed by atoms with Crippen molar-refractivity contribution in [3.63, 3.8) is 0 Å². The first-order chi connectivity index (χ1) is 11.2. The number of hydrogen-bond acceptors (Lipinski definition) is 4. The van der Waals surface area contributed by atoms with E-state index in [-0.39, 0.29) is 30.9 Å². The number of halogens is 2. The zero-order valence-corrected chi connectivity index (χ0v) is 14.2. The van der Waals surface area contributed by atoms with Gasteiger partial charge in [0.25, 0.3) is 0 Å². The number of hydrogen-bond donors (Lipinski definition) is 2. The number of amides is 1. The van der Waals surface area contributed by atoms with Gasteiger partial charge in [-0.2, -0.15) is 0 Å². The van der Waals surface area contributed by atoms with Crippen LogP contribution in [-0.4, -0.2) is 37.3 Å². The number of nitrogens with two attached hydrogens (primary N) is 1. The average molecular weight is 342 g/mol. The van der Waals surface area contributed by atoms with Gasteiger partial charge >= 0.3 is 0 Å². The minimum Gasteiger partial charge on any atom is -0.492 e. The summed E-state index contributed by atoms with van der Waals surface area (Å²) in [6.45, 7) is 6.65. The number of nitrogens with one attached hydrogen (secondary N) is 1. The summed E-state index contributed by atoms with van der Waals surface area (Å²) in [7, 11) is 0. The summed E-state index contributed by atoms with van der Waals surface area (Å²) >= 11 is 0. The lowest BCUT2D eigenvalue weighted by Crippen LogP contribution is -2.75. The predicted octanol–water partition coefficient (Wildman–Crippen LogP) is 1.99. The van der Waals surface area contributed by atoms with Gasteiger partial charge in [-0.15, -0.1) is 0 Å². The molecule has 1 fully saturated rings. The molecule has 1 saturated carbocycles. The fourth-order valence-corrected chi connectivity index (χ4v) is 2.88. The van der Waals surface area contributed by atoms with Crippen molar-refractivity contribution in [3.8, 4) is 5.75 Å². The summed E-state index contributed by atoms with van der Waals surface area (Å²) in [6, 6.07) is 3.28. The highest BCUT2D eigenvalue weighted by Gasteiger charge is 2.62. The maximum absolute atomic E-state index is 13.1. The summed E-state index contributed by atoms with van der Waals surface area (Å²) in [5, 5.41) is 2.73. The second-order valence-corrected chi connectivity index (χ2v) is 6.52. The van der Waals surface area contributed by atoms with Crippen molar-refractivity contribution in [2.75, 3.05) is 19.8 Å². The van der Waals surface area contributed by atoms with E-state index >= 15 is 0 Å². The van der Waals surface area contributed by atoms with Gasteiger partial charge in [-0.3, -0.25) is 4.79 Å². The molecule has 5 nitrogen and oxygen atoms in total. The molecule has 0 radical (unpaired) electrons. The Morgan fingerprint density at radius 3 is 2.67 bits per heavy atom. The lowest BCUT2D eigenvalue weighted by molar-refractivity contribution is -0.170. The molecule has 1 aromatic carbocycles. The van der Waals surface area contributed by atoms with Crippen LogP contribution < -0.4 is 15.8 Å². The molecule has 1 aromatic rings. The molecule has 0 bridgehead atoms. The van der Waals surface area contributed by atoms with E-state index in [0.29, 0.717) is 13.0 Å². The first-order valence-corrected chi connectivity index (χ1v) is 7.99. The molecule has 0 saturated heterocycles. The maximum atomic E-state index is 13.1. The standard InChI is InChI=1S/C17H24F2N2O3/c1-4-23-14-10-17(20,16(14,2)3)15(22)21-7-8-24-11-5-6-12(18)13(19)9-11/h5-6,9,14H,4,7-8,10,20H2,1-3H3,(H,21,22). The Morgan fingerprint density at radius 2 is 2.08 bits per heavy atom. The lowest BCUT2D eigenvalue weighted by Gasteiger charge is -2.57. The van der Waals surface area contributed by atoms with Crippen LogP contribution in [0.25, 0.3) is 0 Å². The predicted molar refractivity (Wildman–Crippen MR) is 85.6 cm³/mol. The normalized spacial score (nSPS) is 25.0. The number of carbonyl (C=O) groups is 1. The van der Waals surface area contributed by atoms with Gasteiger partial charge in [0.1, 0.15) is 17.9 Å². The smallest absolute Gasteiger partial charge is 0.240 e. The SMILES string of the molecule is CCOC1CC(N)(C(=O)NCCOc2ccc(F)c(F)c2)C1(C)C. The minimum atomic E-state index is -0.991. The molecule has 2 rings (SSSR count). The molecule has 0 spiro atoms. The average Bonchev–Trinajstić information content (AvgIpc) is 2.54. The fraction of sp³-hybridized carbons (Fsp3) is 0.588. The van der Waals surface area contributed by atoms with Crippen molar-refractivity contribution in [1.29, 1.82) is 0 Å². The van der Waals surface area contributed by atoms with Crippen LogP contribution in [0.5, 0.6) is 5.75 Å². The number of ether oxygens (including phenoxy) is 2. The zero-order chi connectivity index (χ0) is 18.0. The Hall–Kier alpha value is -1.73. The Morgan fingerprint density at radius 1 is 1.38 bits per heavy atom. The van der Waals surface area contributed by atoms with Crippen LogP contribution in [-0.2, 0) is 9.53 Å². The summed E-state index contributed by atoms with van der Waals surface area (Å²) in [5.41, 5.74) is 4.80. The van der Waals surface area contributed by atoms with E-state index in [2.05, 4.69) is 5.32 Å². The second-order valence-electron chi connectivity index (χ2n) is 6.52. The van der Waals surface area contributed by atoms with Gasteiger partial charge in [-0.05, 0) is 19.1 Å². The molecule has 1 aliphatic carbocycles. The third-order valence-electron chi connectivity index (χ3n) is 4.78. The van der Waals surface area contributed by atoms with Crippen LogP contribution in [0.1, 0.15) is 27.2 Å². The van der Waals surface area contributed by atoms with Crippen LogP contribution in [0.3, 0.4) is 0 Å². The minimum absolute atomic E-state index is 0.0447. The molecule has 0 aliphatic heterocycles. The highest BCUT2D eigenvalue weighted by atomic mass is 19.2. The van der Waals surface area contributed by atoms with E-state index in [1.807, 2.05) is 20.8 Å². The zero-order valence-electron chi connectivity index (χ0n) is 14.2. The third-order valence-corrected chi connectivity index (χ3v) is 4.78. The quantitative estimate of drug-likeness (QED) is 0.743. The number of rotatable bonds is 7. The molecular weight excluding hydrogens is 318 g/mol. The summed E-state index contributed by atoms with van der Waals surface area (Å²) < 4.78 is 36.7. The van der Waals surface area contributed by atoms with Gasteiger partial charge < -0.3 is 20.5 Å². The van der Waals surface area contributed by atoms with E-state index in [9.17, 15) is 13.6 Å². The van der Waals surface area contributed by atoms with Gasteiger partial charge in [0, 0.05) is 24.5 Å². The van der Waals surface area contributed by atoms with Crippen LogP contribution in [0.15, 0.2) is 18.2 Å². The first-order valence-electron chi connectivity index (χ1n) is 7.99. The summed E-state index contributed by atoms with van der Waals surface area (Å²) in [4.78, 5) is 12.4.